The van der Waals surface area contributed by atoms with E-state index in [1.54, 1.807) is 0 Å². The van der Waals surface area contributed by atoms with E-state index in [9.17, 15) is 13.2 Å². The van der Waals surface area contributed by atoms with E-state index in [-0.39, 0.29) is 19.0 Å². The van der Waals surface area contributed by atoms with Gasteiger partial charge in [0.15, 0.2) is 0 Å². The molecule has 16 heavy (non-hydrogen) atoms. The Morgan fingerprint density at radius 2 is 2.00 bits per heavy atom. The fraction of sp³-hybridized carbons (Fsp3) is 0.444. The molecule has 1 aromatic heterocycles. The van der Waals surface area contributed by atoms with Crippen LogP contribution in [0, 0.1) is 0 Å². The second-order valence-electron chi connectivity index (χ2n) is 3.09. The van der Waals surface area contributed by atoms with E-state index in [2.05, 4.69) is 4.98 Å². The van der Waals surface area contributed by atoms with Gasteiger partial charge in [0.25, 0.3) is 0 Å². The van der Waals surface area contributed by atoms with Crippen molar-refractivity contribution in [2.24, 2.45) is 5.73 Å². The molecule has 3 N–H and O–H groups in total. The monoisotopic (exact) mass is 256 g/mol. The summed E-state index contributed by atoms with van der Waals surface area (Å²) >= 11 is 0. The van der Waals surface area contributed by atoms with Crippen LogP contribution < -0.4 is 5.73 Å². The zero-order valence-electron chi connectivity index (χ0n) is 8.24. The molecule has 1 rings (SSSR count). The molecule has 3 nitrogen and oxygen atoms in total. The van der Waals surface area contributed by atoms with Crippen molar-refractivity contribution in [3.63, 3.8) is 0 Å². The average molecular weight is 257 g/mol. The van der Waals surface area contributed by atoms with E-state index in [0.717, 1.165) is 12.3 Å². The predicted octanol–water partition coefficient (Wildman–Crippen LogP) is 1.90. The Morgan fingerprint density at radius 1 is 1.38 bits per heavy atom. The van der Waals surface area contributed by atoms with Crippen molar-refractivity contribution >= 4 is 12.4 Å². The molecule has 0 amide bonds. The number of nitrogens with two attached hydrogens (primary N) is 1. The number of rotatable bonds is 3. The highest BCUT2D eigenvalue weighted by molar-refractivity contribution is 5.85. The second kappa shape index (κ2) is 6.03. The average Bonchev–Trinajstić information content (AvgIpc) is 2.17. The molecule has 7 heteroatoms. The molecule has 0 aliphatic rings. The Morgan fingerprint density at radius 3 is 2.38 bits per heavy atom. The molecule has 1 atom stereocenters. The SMILES string of the molecule is Cl.NC(CCO)c1ccc(C(F)(F)F)nc1. The summed E-state index contributed by atoms with van der Waals surface area (Å²) in [5.41, 5.74) is 5.12. The lowest BCUT2D eigenvalue weighted by Crippen LogP contribution is -2.14. The van der Waals surface area contributed by atoms with Gasteiger partial charge in [-0.1, -0.05) is 6.07 Å². The summed E-state index contributed by atoms with van der Waals surface area (Å²) in [6, 6.07) is 1.67. The molecule has 0 aliphatic heterocycles. The summed E-state index contributed by atoms with van der Waals surface area (Å²) in [5.74, 6) is 0. The van der Waals surface area contributed by atoms with Gasteiger partial charge in [0.2, 0.25) is 0 Å². The molecule has 1 aromatic rings. The normalized spacial score (nSPS) is 13.1. The zero-order valence-corrected chi connectivity index (χ0v) is 9.05. The molecule has 0 spiro atoms. The second-order valence-corrected chi connectivity index (χ2v) is 3.09. The minimum absolute atomic E-state index is 0. The minimum Gasteiger partial charge on any atom is -0.396 e. The summed E-state index contributed by atoms with van der Waals surface area (Å²) in [6.45, 7) is -0.109. The molecule has 0 aliphatic carbocycles. The Hall–Kier alpha value is -0.850. The molecule has 0 aromatic carbocycles. The first-order chi connectivity index (χ1) is 6.95. The predicted molar refractivity (Wildman–Crippen MR) is 55.1 cm³/mol. The maximum Gasteiger partial charge on any atom is 0.433 e. The first-order valence-electron chi connectivity index (χ1n) is 4.34. The third kappa shape index (κ3) is 3.96. The van der Waals surface area contributed by atoms with Crippen molar-refractivity contribution in [2.75, 3.05) is 6.61 Å². The van der Waals surface area contributed by atoms with Crippen LogP contribution in [0.2, 0.25) is 0 Å². The third-order valence-electron chi connectivity index (χ3n) is 1.95. The van der Waals surface area contributed by atoms with Crippen molar-refractivity contribution in [1.82, 2.24) is 4.98 Å². The van der Waals surface area contributed by atoms with Gasteiger partial charge in [-0.3, -0.25) is 4.98 Å². The van der Waals surface area contributed by atoms with E-state index in [1.807, 2.05) is 0 Å². The summed E-state index contributed by atoms with van der Waals surface area (Å²) in [7, 11) is 0. The fourth-order valence-corrected chi connectivity index (χ4v) is 1.10. The van der Waals surface area contributed by atoms with Crippen LogP contribution in [0.15, 0.2) is 18.3 Å². The van der Waals surface area contributed by atoms with Crippen molar-refractivity contribution in [1.29, 1.82) is 0 Å². The number of halogens is 4. The van der Waals surface area contributed by atoms with Crippen LogP contribution in [-0.4, -0.2) is 16.7 Å². The van der Waals surface area contributed by atoms with E-state index >= 15 is 0 Å². The molecular formula is C9H12ClF3N2O. The Labute approximate surface area is 96.9 Å². The largest absolute Gasteiger partial charge is 0.433 e. The summed E-state index contributed by atoms with van der Waals surface area (Å²) in [4.78, 5) is 3.27. The number of aromatic nitrogens is 1. The molecule has 0 saturated heterocycles. The summed E-state index contributed by atoms with van der Waals surface area (Å²) in [6.07, 6.45) is -3.05. The van der Waals surface area contributed by atoms with Gasteiger partial charge >= 0.3 is 6.18 Å². The van der Waals surface area contributed by atoms with Gasteiger partial charge in [0, 0.05) is 18.8 Å². The number of hydrogen-bond acceptors (Lipinski definition) is 3. The lowest BCUT2D eigenvalue weighted by Gasteiger charge is -2.11. The molecule has 1 heterocycles. The smallest absolute Gasteiger partial charge is 0.396 e. The van der Waals surface area contributed by atoms with Crippen LogP contribution in [0.5, 0.6) is 0 Å². The molecule has 0 radical (unpaired) electrons. The Bertz CT molecular complexity index is 316. The molecule has 0 fully saturated rings. The van der Waals surface area contributed by atoms with Crippen LogP contribution >= 0.6 is 12.4 Å². The maximum absolute atomic E-state index is 12.1. The van der Waals surface area contributed by atoms with Gasteiger partial charge in [-0.05, 0) is 18.1 Å². The molecular weight excluding hydrogens is 245 g/mol. The van der Waals surface area contributed by atoms with Gasteiger partial charge in [-0.2, -0.15) is 13.2 Å². The van der Waals surface area contributed by atoms with Gasteiger partial charge < -0.3 is 10.8 Å². The van der Waals surface area contributed by atoms with Crippen LogP contribution in [0.4, 0.5) is 13.2 Å². The lowest BCUT2D eigenvalue weighted by atomic mass is 10.1. The van der Waals surface area contributed by atoms with Crippen molar-refractivity contribution in [3.05, 3.63) is 29.6 Å². The van der Waals surface area contributed by atoms with E-state index in [1.165, 1.54) is 6.07 Å². The first kappa shape index (κ1) is 15.2. The molecule has 0 bridgehead atoms. The molecule has 0 saturated carbocycles. The minimum atomic E-state index is -4.43. The van der Waals surface area contributed by atoms with Gasteiger partial charge in [0.1, 0.15) is 5.69 Å². The highest BCUT2D eigenvalue weighted by Gasteiger charge is 2.32. The first-order valence-corrected chi connectivity index (χ1v) is 4.34. The number of alkyl halides is 3. The van der Waals surface area contributed by atoms with Gasteiger partial charge in [-0.15, -0.1) is 12.4 Å². The number of hydrogen-bond donors (Lipinski definition) is 2. The quantitative estimate of drug-likeness (QED) is 0.868. The third-order valence-corrected chi connectivity index (χ3v) is 1.95. The maximum atomic E-state index is 12.1. The fourth-order valence-electron chi connectivity index (χ4n) is 1.10. The Kier molecular flexibility index (Phi) is 5.71. The van der Waals surface area contributed by atoms with Crippen LogP contribution in [-0.2, 0) is 6.18 Å². The highest BCUT2D eigenvalue weighted by atomic mass is 35.5. The topological polar surface area (TPSA) is 59.1 Å². The number of aliphatic hydroxyl groups excluding tert-OH is 1. The van der Waals surface area contributed by atoms with Crippen LogP contribution in [0.3, 0.4) is 0 Å². The number of aliphatic hydroxyl groups is 1. The molecule has 92 valence electrons. The van der Waals surface area contributed by atoms with Gasteiger partial charge in [-0.25, -0.2) is 0 Å². The van der Waals surface area contributed by atoms with Crippen LogP contribution in [0.1, 0.15) is 23.7 Å². The van der Waals surface area contributed by atoms with Crippen LogP contribution in [0.25, 0.3) is 0 Å². The number of pyridine rings is 1. The van der Waals surface area contributed by atoms with Crippen molar-refractivity contribution in [2.45, 2.75) is 18.6 Å². The highest BCUT2D eigenvalue weighted by Crippen LogP contribution is 2.27. The molecule has 1 unspecified atom stereocenters. The zero-order chi connectivity index (χ0) is 11.5. The summed E-state index contributed by atoms with van der Waals surface area (Å²) in [5, 5.41) is 8.60. The van der Waals surface area contributed by atoms with E-state index in [0.29, 0.717) is 12.0 Å². The lowest BCUT2D eigenvalue weighted by molar-refractivity contribution is -0.141. The van der Waals surface area contributed by atoms with Crippen molar-refractivity contribution < 1.29 is 18.3 Å². The van der Waals surface area contributed by atoms with Gasteiger partial charge in [0.05, 0.1) is 0 Å². The summed E-state index contributed by atoms with van der Waals surface area (Å²) < 4.78 is 36.4. The standard InChI is InChI=1S/C9H11F3N2O.ClH/c10-9(11,12)8-2-1-6(5-14-8)7(13)3-4-15;/h1-2,5,7,15H,3-4,13H2;1H. The number of nitrogens with zero attached hydrogens (tertiary/aromatic N) is 1. The van der Waals surface area contributed by atoms with Crippen molar-refractivity contribution in [3.8, 4) is 0 Å². The van der Waals surface area contributed by atoms with E-state index in [4.69, 9.17) is 10.8 Å². The Balaban J connectivity index is 0.00000225. The van der Waals surface area contributed by atoms with E-state index < -0.39 is 17.9 Å².